The Bertz CT molecular complexity index is 973. The third kappa shape index (κ3) is 5.62. The highest BCUT2D eigenvalue weighted by Gasteiger charge is 2.35. The number of nitrogens with zero attached hydrogens (tertiary/aromatic N) is 2. The lowest BCUT2D eigenvalue weighted by Gasteiger charge is -2.15. The standard InChI is InChI=1S/C22H23F3N4O/c1-4-15(3)30-18-11-9-17(10-12-18)28-21-26-13-19(22(23,24)25)20(29-21)27-16-7-5-14(2)6-8-16/h5-13,15H,4H2,1-3H3,(H2,26,27,28,29). The summed E-state index contributed by atoms with van der Waals surface area (Å²) in [5.74, 6) is 0.443. The van der Waals surface area contributed by atoms with Gasteiger partial charge in [-0.1, -0.05) is 24.6 Å². The molecule has 0 aliphatic rings. The normalized spacial score (nSPS) is 12.3. The maximum Gasteiger partial charge on any atom is 0.421 e. The highest BCUT2D eigenvalue weighted by atomic mass is 19.4. The molecule has 0 amide bonds. The molecule has 0 bridgehead atoms. The van der Waals surface area contributed by atoms with E-state index in [-0.39, 0.29) is 17.9 Å². The molecule has 0 aliphatic carbocycles. The van der Waals surface area contributed by atoms with Crippen LogP contribution in [0.25, 0.3) is 0 Å². The molecule has 2 N–H and O–H groups in total. The number of ether oxygens (including phenoxy) is 1. The van der Waals surface area contributed by atoms with E-state index in [0.29, 0.717) is 17.1 Å². The first-order valence-electron chi connectivity index (χ1n) is 9.56. The number of aryl methyl sites for hydroxylation is 1. The fourth-order valence-corrected chi connectivity index (χ4v) is 2.58. The zero-order valence-corrected chi connectivity index (χ0v) is 16.9. The second-order valence-corrected chi connectivity index (χ2v) is 6.93. The van der Waals surface area contributed by atoms with Crippen LogP contribution in [0, 0.1) is 6.92 Å². The van der Waals surface area contributed by atoms with E-state index in [2.05, 4.69) is 20.6 Å². The first-order valence-corrected chi connectivity index (χ1v) is 9.56. The SMILES string of the molecule is CCC(C)Oc1ccc(Nc2ncc(C(F)(F)F)c(Nc3ccc(C)cc3)n2)cc1. The number of benzene rings is 2. The summed E-state index contributed by atoms with van der Waals surface area (Å²) in [7, 11) is 0. The van der Waals surface area contributed by atoms with Gasteiger partial charge in [-0.05, 0) is 56.7 Å². The molecule has 8 heteroatoms. The Hall–Kier alpha value is -3.29. The van der Waals surface area contributed by atoms with Gasteiger partial charge in [0.15, 0.2) is 0 Å². The van der Waals surface area contributed by atoms with E-state index in [1.807, 2.05) is 20.8 Å². The molecule has 30 heavy (non-hydrogen) atoms. The lowest BCUT2D eigenvalue weighted by atomic mass is 10.2. The van der Waals surface area contributed by atoms with Crippen LogP contribution in [0.15, 0.2) is 54.7 Å². The van der Waals surface area contributed by atoms with E-state index in [1.165, 1.54) is 0 Å². The molecule has 0 aliphatic heterocycles. The van der Waals surface area contributed by atoms with Crippen LogP contribution in [0.2, 0.25) is 0 Å². The number of rotatable bonds is 7. The van der Waals surface area contributed by atoms with E-state index < -0.39 is 11.7 Å². The van der Waals surface area contributed by atoms with E-state index in [4.69, 9.17) is 4.74 Å². The second kappa shape index (κ2) is 9.02. The summed E-state index contributed by atoms with van der Waals surface area (Å²) in [6.07, 6.45) is -2.83. The Kier molecular flexibility index (Phi) is 6.44. The minimum atomic E-state index is -4.58. The van der Waals surface area contributed by atoms with E-state index in [1.54, 1.807) is 48.5 Å². The van der Waals surface area contributed by atoms with Crippen LogP contribution in [-0.4, -0.2) is 16.1 Å². The van der Waals surface area contributed by atoms with Gasteiger partial charge in [0.05, 0.1) is 6.10 Å². The number of aromatic nitrogens is 2. The van der Waals surface area contributed by atoms with Gasteiger partial charge in [-0.3, -0.25) is 0 Å². The smallest absolute Gasteiger partial charge is 0.421 e. The zero-order valence-electron chi connectivity index (χ0n) is 16.9. The van der Waals surface area contributed by atoms with Gasteiger partial charge in [0.25, 0.3) is 0 Å². The molecular weight excluding hydrogens is 393 g/mol. The van der Waals surface area contributed by atoms with E-state index in [0.717, 1.165) is 18.2 Å². The van der Waals surface area contributed by atoms with Crippen molar-refractivity contribution in [3.8, 4) is 5.75 Å². The average molecular weight is 416 g/mol. The Morgan fingerprint density at radius 1 is 0.967 bits per heavy atom. The molecule has 0 radical (unpaired) electrons. The molecule has 0 spiro atoms. The number of halogens is 3. The molecule has 1 heterocycles. The monoisotopic (exact) mass is 416 g/mol. The lowest BCUT2D eigenvalue weighted by molar-refractivity contribution is -0.137. The predicted octanol–water partition coefficient (Wildman–Crippen LogP) is 6.47. The number of anilines is 4. The molecule has 158 valence electrons. The Morgan fingerprint density at radius 3 is 2.17 bits per heavy atom. The highest BCUT2D eigenvalue weighted by Crippen LogP contribution is 2.35. The summed E-state index contributed by atoms with van der Waals surface area (Å²) >= 11 is 0. The van der Waals surface area contributed by atoms with Crippen molar-refractivity contribution in [2.45, 2.75) is 39.5 Å². The average Bonchev–Trinajstić information content (AvgIpc) is 2.70. The van der Waals surface area contributed by atoms with Crippen LogP contribution in [0.3, 0.4) is 0 Å². The summed E-state index contributed by atoms with van der Waals surface area (Å²) in [5.41, 5.74) is 1.20. The van der Waals surface area contributed by atoms with Gasteiger partial charge in [0, 0.05) is 17.6 Å². The lowest BCUT2D eigenvalue weighted by Crippen LogP contribution is -2.12. The molecule has 0 fully saturated rings. The van der Waals surface area contributed by atoms with Gasteiger partial charge >= 0.3 is 6.18 Å². The van der Waals surface area contributed by atoms with Crippen LogP contribution in [0.5, 0.6) is 5.75 Å². The Morgan fingerprint density at radius 2 is 1.57 bits per heavy atom. The fourth-order valence-electron chi connectivity index (χ4n) is 2.58. The molecule has 0 saturated heterocycles. The van der Waals surface area contributed by atoms with Crippen molar-refractivity contribution in [3.05, 3.63) is 65.9 Å². The zero-order chi connectivity index (χ0) is 21.7. The van der Waals surface area contributed by atoms with Crippen molar-refractivity contribution in [2.75, 3.05) is 10.6 Å². The van der Waals surface area contributed by atoms with E-state index >= 15 is 0 Å². The highest BCUT2D eigenvalue weighted by molar-refractivity contribution is 5.63. The second-order valence-electron chi connectivity index (χ2n) is 6.93. The molecule has 1 aromatic heterocycles. The topological polar surface area (TPSA) is 59.1 Å². The molecule has 0 saturated carbocycles. The van der Waals surface area contributed by atoms with Crippen LogP contribution >= 0.6 is 0 Å². The Balaban J connectivity index is 1.82. The van der Waals surface area contributed by atoms with Crippen LogP contribution < -0.4 is 15.4 Å². The molecule has 1 unspecified atom stereocenters. The molecular formula is C22H23F3N4O. The van der Waals surface area contributed by atoms with Gasteiger partial charge in [0.2, 0.25) is 5.95 Å². The maximum absolute atomic E-state index is 13.4. The quantitative estimate of drug-likeness (QED) is 0.462. The largest absolute Gasteiger partial charge is 0.491 e. The van der Waals surface area contributed by atoms with Crippen LogP contribution in [0.4, 0.5) is 36.3 Å². The van der Waals surface area contributed by atoms with Crippen molar-refractivity contribution in [1.82, 2.24) is 9.97 Å². The van der Waals surface area contributed by atoms with Gasteiger partial charge in [0.1, 0.15) is 17.1 Å². The Labute approximate surface area is 173 Å². The van der Waals surface area contributed by atoms with Crippen molar-refractivity contribution in [1.29, 1.82) is 0 Å². The maximum atomic E-state index is 13.4. The number of hydrogen-bond acceptors (Lipinski definition) is 5. The van der Waals surface area contributed by atoms with Gasteiger partial charge in [-0.15, -0.1) is 0 Å². The molecule has 2 aromatic carbocycles. The number of hydrogen-bond donors (Lipinski definition) is 2. The summed E-state index contributed by atoms with van der Waals surface area (Å²) < 4.78 is 45.9. The van der Waals surface area contributed by atoms with Crippen LogP contribution in [0.1, 0.15) is 31.4 Å². The first kappa shape index (κ1) is 21.4. The first-order chi connectivity index (χ1) is 14.2. The molecule has 3 rings (SSSR count). The molecule has 3 aromatic rings. The van der Waals surface area contributed by atoms with Gasteiger partial charge in [-0.25, -0.2) is 4.98 Å². The number of alkyl halides is 3. The van der Waals surface area contributed by atoms with Crippen molar-refractivity contribution in [2.24, 2.45) is 0 Å². The van der Waals surface area contributed by atoms with Crippen LogP contribution in [-0.2, 0) is 6.18 Å². The van der Waals surface area contributed by atoms with Gasteiger partial charge in [-0.2, -0.15) is 18.2 Å². The summed E-state index contributed by atoms with van der Waals surface area (Å²) in [6.45, 7) is 5.91. The summed E-state index contributed by atoms with van der Waals surface area (Å²) in [4.78, 5) is 7.88. The van der Waals surface area contributed by atoms with E-state index in [9.17, 15) is 13.2 Å². The van der Waals surface area contributed by atoms with Crippen molar-refractivity contribution < 1.29 is 17.9 Å². The van der Waals surface area contributed by atoms with Crippen molar-refractivity contribution in [3.63, 3.8) is 0 Å². The summed E-state index contributed by atoms with van der Waals surface area (Å²) in [5, 5.41) is 5.67. The fraction of sp³-hybridized carbons (Fsp3) is 0.273. The summed E-state index contributed by atoms with van der Waals surface area (Å²) in [6, 6.07) is 14.1. The third-order valence-electron chi connectivity index (χ3n) is 4.43. The van der Waals surface area contributed by atoms with Crippen molar-refractivity contribution >= 4 is 23.1 Å². The molecule has 5 nitrogen and oxygen atoms in total. The third-order valence-corrected chi connectivity index (χ3v) is 4.43. The minimum absolute atomic E-state index is 0.0493. The number of nitrogens with one attached hydrogen (secondary N) is 2. The van der Waals surface area contributed by atoms with Gasteiger partial charge < -0.3 is 15.4 Å². The molecule has 1 atom stereocenters. The predicted molar refractivity (Wildman–Crippen MR) is 112 cm³/mol. The minimum Gasteiger partial charge on any atom is -0.491 e.